The molecule has 1 unspecified atom stereocenters. The lowest BCUT2D eigenvalue weighted by atomic mass is 10.2. The number of ether oxygens (including phenoxy) is 1. The maximum atomic E-state index is 12.8. The van der Waals surface area contributed by atoms with E-state index >= 15 is 0 Å². The average molecular weight is 315 g/mol. The van der Waals surface area contributed by atoms with E-state index in [9.17, 15) is 9.36 Å². The summed E-state index contributed by atoms with van der Waals surface area (Å²) in [5.41, 5.74) is 0.547. The zero-order chi connectivity index (χ0) is 15.6. The molecule has 7 nitrogen and oxygen atoms in total. The van der Waals surface area contributed by atoms with Crippen LogP contribution in [-0.2, 0) is 18.3 Å². The van der Waals surface area contributed by atoms with Crippen molar-refractivity contribution in [2.24, 2.45) is 0 Å². The molecule has 8 heteroatoms. The van der Waals surface area contributed by atoms with Crippen LogP contribution in [0.25, 0.3) is 6.08 Å². The standard InChI is InChI=1S/C13H18NO6P/c1-9(2)20-13(15)14-7-5-11-10(6-8-19-11)12(14)21(16,17-3)18-4/h5-9,12H,1-4H3. The van der Waals surface area contributed by atoms with Crippen LogP contribution in [0.15, 0.2) is 22.9 Å². The Labute approximate surface area is 123 Å². The first-order chi connectivity index (χ1) is 9.92. The molecule has 21 heavy (non-hydrogen) atoms. The van der Waals surface area contributed by atoms with Gasteiger partial charge in [-0.3, -0.25) is 9.46 Å². The summed E-state index contributed by atoms with van der Waals surface area (Å²) >= 11 is 0. The molecule has 0 radical (unpaired) electrons. The van der Waals surface area contributed by atoms with Crippen molar-refractivity contribution in [2.45, 2.75) is 25.7 Å². The van der Waals surface area contributed by atoms with Crippen molar-refractivity contribution in [3.05, 3.63) is 29.9 Å². The van der Waals surface area contributed by atoms with E-state index in [1.54, 1.807) is 26.0 Å². The van der Waals surface area contributed by atoms with Crippen molar-refractivity contribution in [2.75, 3.05) is 14.2 Å². The number of carbonyl (C=O) groups excluding carboxylic acids is 1. The van der Waals surface area contributed by atoms with E-state index in [-0.39, 0.29) is 6.10 Å². The summed E-state index contributed by atoms with van der Waals surface area (Å²) in [5.74, 6) is -0.444. The number of furan rings is 1. The molecule has 0 N–H and O–H groups in total. The minimum Gasteiger partial charge on any atom is -0.465 e. The van der Waals surface area contributed by atoms with Crippen molar-refractivity contribution >= 4 is 19.8 Å². The summed E-state index contributed by atoms with van der Waals surface area (Å²) in [7, 11) is -1.05. The van der Waals surface area contributed by atoms with Gasteiger partial charge in [-0.15, -0.1) is 0 Å². The van der Waals surface area contributed by atoms with Crippen LogP contribution >= 0.6 is 7.60 Å². The smallest absolute Gasteiger partial charge is 0.415 e. The highest BCUT2D eigenvalue weighted by Crippen LogP contribution is 2.63. The summed E-state index contributed by atoms with van der Waals surface area (Å²) in [4.78, 5) is 13.4. The van der Waals surface area contributed by atoms with E-state index < -0.39 is 19.5 Å². The highest BCUT2D eigenvalue weighted by Gasteiger charge is 2.45. The van der Waals surface area contributed by atoms with Crippen LogP contribution in [0.3, 0.4) is 0 Å². The van der Waals surface area contributed by atoms with Gasteiger partial charge in [0.15, 0.2) is 5.78 Å². The number of amides is 1. The molecule has 2 rings (SSSR count). The van der Waals surface area contributed by atoms with Crippen molar-refractivity contribution < 1.29 is 27.6 Å². The molecule has 1 aromatic rings. The quantitative estimate of drug-likeness (QED) is 0.790. The Kier molecular flexibility index (Phi) is 4.56. The minimum atomic E-state index is -3.60. The van der Waals surface area contributed by atoms with Gasteiger partial charge in [-0.05, 0) is 26.0 Å². The van der Waals surface area contributed by atoms with E-state index in [0.717, 1.165) is 0 Å². The van der Waals surface area contributed by atoms with E-state index in [1.165, 1.54) is 31.6 Å². The van der Waals surface area contributed by atoms with Gasteiger partial charge in [0.1, 0.15) is 5.76 Å². The topological polar surface area (TPSA) is 78.2 Å². The number of rotatable bonds is 4. The number of hydrogen-bond acceptors (Lipinski definition) is 6. The Morgan fingerprint density at radius 2 is 2.05 bits per heavy atom. The Morgan fingerprint density at radius 1 is 1.38 bits per heavy atom. The second kappa shape index (κ2) is 6.05. The first kappa shape index (κ1) is 15.8. The van der Waals surface area contributed by atoms with Crippen LogP contribution in [-0.4, -0.2) is 31.3 Å². The molecular formula is C13H18NO6P. The fourth-order valence-corrected chi connectivity index (χ4v) is 3.66. The minimum absolute atomic E-state index is 0.304. The molecule has 0 saturated heterocycles. The predicted octanol–water partition coefficient (Wildman–Crippen LogP) is 3.60. The Bertz CT molecular complexity index is 585. The van der Waals surface area contributed by atoms with Gasteiger partial charge in [-0.2, -0.15) is 0 Å². The molecule has 0 spiro atoms. The Hall–Kier alpha value is -1.56. The summed E-state index contributed by atoms with van der Waals surface area (Å²) in [5, 5.41) is 0. The first-order valence-corrected chi connectivity index (χ1v) is 8.00. The van der Waals surface area contributed by atoms with Crippen molar-refractivity contribution in [3.8, 4) is 0 Å². The highest BCUT2D eigenvalue weighted by molar-refractivity contribution is 7.54. The lowest BCUT2D eigenvalue weighted by Crippen LogP contribution is -2.34. The molecule has 0 aromatic carbocycles. The Morgan fingerprint density at radius 3 is 2.62 bits per heavy atom. The number of carbonyl (C=O) groups is 1. The lowest BCUT2D eigenvalue weighted by molar-refractivity contribution is 0.0817. The van der Waals surface area contributed by atoms with Crippen LogP contribution in [0.1, 0.15) is 31.0 Å². The second-order valence-corrected chi connectivity index (χ2v) is 6.97. The number of fused-ring (bicyclic) bond motifs is 1. The zero-order valence-electron chi connectivity index (χ0n) is 12.3. The van der Waals surface area contributed by atoms with Crippen LogP contribution in [0.2, 0.25) is 0 Å². The summed E-state index contributed by atoms with van der Waals surface area (Å²) in [6.07, 6.45) is 3.57. The van der Waals surface area contributed by atoms with Gasteiger partial charge < -0.3 is 18.2 Å². The highest BCUT2D eigenvalue weighted by atomic mass is 31.2. The molecule has 1 aliphatic rings. The van der Waals surface area contributed by atoms with Crippen molar-refractivity contribution in [1.29, 1.82) is 0 Å². The molecule has 1 amide bonds. The normalized spacial score (nSPS) is 18.0. The van der Waals surface area contributed by atoms with Gasteiger partial charge in [-0.25, -0.2) is 4.79 Å². The molecule has 0 bridgehead atoms. The van der Waals surface area contributed by atoms with Crippen LogP contribution in [0.5, 0.6) is 0 Å². The summed E-state index contributed by atoms with van der Waals surface area (Å²) in [6, 6.07) is 1.63. The maximum absolute atomic E-state index is 12.8. The monoisotopic (exact) mass is 315 g/mol. The molecule has 1 aliphatic heterocycles. The molecule has 1 aromatic heterocycles. The fraction of sp³-hybridized carbons (Fsp3) is 0.462. The first-order valence-electron chi connectivity index (χ1n) is 6.38. The van der Waals surface area contributed by atoms with Crippen molar-refractivity contribution in [1.82, 2.24) is 4.90 Å². The lowest BCUT2D eigenvalue weighted by Gasteiger charge is -2.33. The molecule has 116 valence electrons. The fourth-order valence-electron chi connectivity index (χ4n) is 2.08. The van der Waals surface area contributed by atoms with E-state index in [1.807, 2.05) is 0 Å². The van der Waals surface area contributed by atoms with E-state index in [2.05, 4.69) is 0 Å². The molecule has 2 heterocycles. The zero-order valence-corrected chi connectivity index (χ0v) is 13.2. The average Bonchev–Trinajstić information content (AvgIpc) is 2.92. The molecule has 0 aliphatic carbocycles. The van der Waals surface area contributed by atoms with Crippen LogP contribution in [0.4, 0.5) is 4.79 Å². The van der Waals surface area contributed by atoms with E-state index in [4.69, 9.17) is 18.2 Å². The molecule has 0 saturated carbocycles. The van der Waals surface area contributed by atoms with Gasteiger partial charge in [0.2, 0.25) is 0 Å². The molecule has 0 fully saturated rings. The maximum Gasteiger partial charge on any atom is 0.415 e. The van der Waals surface area contributed by atoms with Gasteiger partial charge in [0, 0.05) is 26.0 Å². The SMILES string of the molecule is COP(=O)(OC)C1c2ccoc2C=CN1C(=O)OC(C)C. The third-order valence-electron chi connectivity index (χ3n) is 3.01. The molecule has 1 atom stereocenters. The van der Waals surface area contributed by atoms with E-state index in [0.29, 0.717) is 11.3 Å². The Balaban J connectivity index is 2.45. The second-order valence-electron chi connectivity index (χ2n) is 4.67. The van der Waals surface area contributed by atoms with Crippen LogP contribution < -0.4 is 0 Å². The van der Waals surface area contributed by atoms with Crippen LogP contribution in [0, 0.1) is 0 Å². The van der Waals surface area contributed by atoms with Gasteiger partial charge in [-0.1, -0.05) is 0 Å². The third-order valence-corrected chi connectivity index (χ3v) is 5.16. The summed E-state index contributed by atoms with van der Waals surface area (Å²) in [6.45, 7) is 3.46. The largest absolute Gasteiger partial charge is 0.465 e. The van der Waals surface area contributed by atoms with Crippen molar-refractivity contribution in [3.63, 3.8) is 0 Å². The van der Waals surface area contributed by atoms with Gasteiger partial charge >= 0.3 is 13.7 Å². The van der Waals surface area contributed by atoms with Gasteiger partial charge in [0.05, 0.1) is 12.4 Å². The number of hydrogen-bond donors (Lipinski definition) is 0. The predicted molar refractivity (Wildman–Crippen MR) is 75.6 cm³/mol. The third kappa shape index (κ3) is 2.90. The number of nitrogens with zero attached hydrogens (tertiary/aromatic N) is 1. The molecular weight excluding hydrogens is 297 g/mol. The van der Waals surface area contributed by atoms with Gasteiger partial charge in [0.25, 0.3) is 0 Å². The summed E-state index contributed by atoms with van der Waals surface area (Å²) < 4.78 is 33.3.